The van der Waals surface area contributed by atoms with Gasteiger partial charge < -0.3 is 9.52 Å². The molecule has 13 heavy (non-hydrogen) atoms. The Bertz CT molecular complexity index is 241. The van der Waals surface area contributed by atoms with Crippen molar-refractivity contribution in [2.24, 2.45) is 0 Å². The van der Waals surface area contributed by atoms with Crippen molar-refractivity contribution < 1.29 is 9.52 Å². The molecule has 0 saturated heterocycles. The number of aliphatic hydroxyl groups excluding tert-OH is 1. The van der Waals surface area contributed by atoms with Gasteiger partial charge in [-0.05, 0) is 27.0 Å². The van der Waals surface area contributed by atoms with E-state index in [4.69, 9.17) is 9.52 Å². The van der Waals surface area contributed by atoms with Gasteiger partial charge in [-0.25, -0.2) is 0 Å². The lowest BCUT2D eigenvalue weighted by molar-refractivity contribution is 0.0732. The minimum atomic E-state index is -0.183. The predicted molar refractivity (Wildman–Crippen MR) is 51.3 cm³/mol. The largest absolute Gasteiger partial charge is 0.472 e. The topological polar surface area (TPSA) is 36.6 Å². The van der Waals surface area contributed by atoms with Gasteiger partial charge in [0, 0.05) is 17.6 Å². The van der Waals surface area contributed by atoms with Crippen molar-refractivity contribution >= 4 is 0 Å². The average Bonchev–Trinajstić information content (AvgIpc) is 2.57. The van der Waals surface area contributed by atoms with Crippen LogP contribution in [0.25, 0.3) is 0 Å². The molecule has 3 nitrogen and oxygen atoms in total. The number of nitrogens with zero attached hydrogens (tertiary/aromatic N) is 1. The normalized spacial score (nSPS) is 12.4. The molecule has 0 amide bonds. The summed E-state index contributed by atoms with van der Waals surface area (Å²) in [7, 11) is 1.99. The molecule has 0 aromatic carbocycles. The van der Waals surface area contributed by atoms with Gasteiger partial charge in [0.1, 0.15) is 0 Å². The van der Waals surface area contributed by atoms with Crippen LogP contribution >= 0.6 is 0 Å². The maximum atomic E-state index is 9.13. The molecule has 1 heterocycles. The Morgan fingerprint density at radius 3 is 2.69 bits per heavy atom. The van der Waals surface area contributed by atoms with Gasteiger partial charge in [0.2, 0.25) is 0 Å². The molecule has 1 N–H and O–H groups in total. The van der Waals surface area contributed by atoms with Crippen LogP contribution in [0.15, 0.2) is 23.0 Å². The highest BCUT2D eigenvalue weighted by atomic mass is 16.3. The number of likely N-dealkylation sites (N-methyl/N-ethyl adjacent to an activating group) is 1. The first-order chi connectivity index (χ1) is 6.06. The quantitative estimate of drug-likeness (QED) is 0.768. The lowest BCUT2D eigenvalue weighted by Crippen LogP contribution is -2.43. The monoisotopic (exact) mass is 183 g/mol. The van der Waals surface area contributed by atoms with E-state index < -0.39 is 0 Å². The van der Waals surface area contributed by atoms with Gasteiger partial charge >= 0.3 is 0 Å². The van der Waals surface area contributed by atoms with E-state index in [9.17, 15) is 0 Å². The Hall–Kier alpha value is -0.800. The zero-order chi connectivity index (χ0) is 9.90. The molecule has 0 aliphatic carbocycles. The van der Waals surface area contributed by atoms with Crippen molar-refractivity contribution in [1.82, 2.24) is 4.90 Å². The minimum absolute atomic E-state index is 0.154. The first-order valence-corrected chi connectivity index (χ1v) is 4.39. The van der Waals surface area contributed by atoms with Gasteiger partial charge in [0.05, 0.1) is 19.1 Å². The Morgan fingerprint density at radius 2 is 2.23 bits per heavy atom. The van der Waals surface area contributed by atoms with Crippen molar-refractivity contribution in [3.63, 3.8) is 0 Å². The SMILES string of the molecule is CN(Cc1ccoc1)C(C)(C)CO. The number of hydrogen-bond acceptors (Lipinski definition) is 3. The fraction of sp³-hybridized carbons (Fsp3) is 0.600. The summed E-state index contributed by atoms with van der Waals surface area (Å²) in [6, 6.07) is 1.93. The predicted octanol–water partition coefficient (Wildman–Crippen LogP) is 1.48. The molecule has 1 aromatic heterocycles. The van der Waals surface area contributed by atoms with Crippen molar-refractivity contribution in [1.29, 1.82) is 0 Å². The molecule has 3 heteroatoms. The molecular formula is C10H17NO2. The number of aliphatic hydroxyl groups is 1. The van der Waals surface area contributed by atoms with Gasteiger partial charge in [-0.2, -0.15) is 0 Å². The molecule has 0 unspecified atom stereocenters. The van der Waals surface area contributed by atoms with E-state index in [2.05, 4.69) is 4.90 Å². The summed E-state index contributed by atoms with van der Waals surface area (Å²) < 4.78 is 4.97. The molecule has 0 aliphatic rings. The Kier molecular flexibility index (Phi) is 3.12. The van der Waals surface area contributed by atoms with Crippen molar-refractivity contribution in [3.05, 3.63) is 24.2 Å². The van der Waals surface area contributed by atoms with Crippen molar-refractivity contribution in [3.8, 4) is 0 Å². The summed E-state index contributed by atoms with van der Waals surface area (Å²) >= 11 is 0. The highest BCUT2D eigenvalue weighted by Gasteiger charge is 2.22. The summed E-state index contributed by atoms with van der Waals surface area (Å²) in [6.07, 6.45) is 3.39. The molecule has 74 valence electrons. The second kappa shape index (κ2) is 3.94. The van der Waals surface area contributed by atoms with Gasteiger partial charge in [-0.3, -0.25) is 4.90 Å². The third-order valence-electron chi connectivity index (χ3n) is 2.42. The maximum absolute atomic E-state index is 9.13. The van der Waals surface area contributed by atoms with Crippen LogP contribution < -0.4 is 0 Å². The lowest BCUT2D eigenvalue weighted by atomic mass is 10.0. The van der Waals surface area contributed by atoms with Gasteiger partial charge in [0.15, 0.2) is 0 Å². The summed E-state index contributed by atoms with van der Waals surface area (Å²) in [5, 5.41) is 9.13. The smallest absolute Gasteiger partial charge is 0.0947 e. The van der Waals surface area contributed by atoms with E-state index in [1.807, 2.05) is 27.0 Å². The van der Waals surface area contributed by atoms with Crippen LogP contribution in [0.2, 0.25) is 0 Å². The van der Waals surface area contributed by atoms with E-state index in [1.165, 1.54) is 0 Å². The van der Waals surface area contributed by atoms with Crippen LogP contribution in [0, 0.1) is 0 Å². The van der Waals surface area contributed by atoms with Crippen LogP contribution in [0.3, 0.4) is 0 Å². The van der Waals surface area contributed by atoms with Crippen LogP contribution in [-0.4, -0.2) is 29.2 Å². The third-order valence-corrected chi connectivity index (χ3v) is 2.42. The molecule has 1 aromatic rings. The second-order valence-electron chi connectivity index (χ2n) is 3.96. The zero-order valence-electron chi connectivity index (χ0n) is 8.45. The van der Waals surface area contributed by atoms with E-state index in [0.717, 1.165) is 12.1 Å². The molecule has 0 saturated carbocycles. The molecule has 1 rings (SSSR count). The van der Waals surface area contributed by atoms with Crippen LogP contribution in [0.1, 0.15) is 19.4 Å². The van der Waals surface area contributed by atoms with Crippen LogP contribution in [0.5, 0.6) is 0 Å². The van der Waals surface area contributed by atoms with Crippen molar-refractivity contribution in [2.45, 2.75) is 25.9 Å². The van der Waals surface area contributed by atoms with E-state index in [0.29, 0.717) is 0 Å². The van der Waals surface area contributed by atoms with Crippen LogP contribution in [-0.2, 0) is 6.54 Å². The standard InChI is InChI=1S/C10H17NO2/c1-10(2,8-12)11(3)6-9-4-5-13-7-9/h4-5,7,12H,6,8H2,1-3H3. The second-order valence-corrected chi connectivity index (χ2v) is 3.96. The third kappa shape index (κ3) is 2.57. The first-order valence-electron chi connectivity index (χ1n) is 4.39. The Morgan fingerprint density at radius 1 is 1.54 bits per heavy atom. The highest BCUT2D eigenvalue weighted by molar-refractivity contribution is 5.05. The molecule has 0 aliphatic heterocycles. The summed E-state index contributed by atoms with van der Waals surface area (Å²) in [5.74, 6) is 0. The number of rotatable bonds is 4. The molecule has 0 bridgehead atoms. The van der Waals surface area contributed by atoms with Crippen LogP contribution in [0.4, 0.5) is 0 Å². The number of hydrogen-bond donors (Lipinski definition) is 1. The average molecular weight is 183 g/mol. The minimum Gasteiger partial charge on any atom is -0.472 e. The number of furan rings is 1. The fourth-order valence-corrected chi connectivity index (χ4v) is 0.991. The Balaban J connectivity index is 2.55. The van der Waals surface area contributed by atoms with E-state index in [-0.39, 0.29) is 12.1 Å². The lowest BCUT2D eigenvalue weighted by Gasteiger charge is -2.33. The van der Waals surface area contributed by atoms with Crippen molar-refractivity contribution in [2.75, 3.05) is 13.7 Å². The first kappa shape index (κ1) is 10.3. The zero-order valence-corrected chi connectivity index (χ0v) is 8.45. The van der Waals surface area contributed by atoms with Gasteiger partial charge in [-0.15, -0.1) is 0 Å². The molecule has 0 fully saturated rings. The summed E-state index contributed by atoms with van der Waals surface area (Å²) in [5.41, 5.74) is 0.945. The summed E-state index contributed by atoms with van der Waals surface area (Å²) in [6.45, 7) is 4.96. The summed E-state index contributed by atoms with van der Waals surface area (Å²) in [4.78, 5) is 2.10. The maximum Gasteiger partial charge on any atom is 0.0947 e. The molecular weight excluding hydrogens is 166 g/mol. The Labute approximate surface area is 79.0 Å². The molecule has 0 atom stereocenters. The highest BCUT2D eigenvalue weighted by Crippen LogP contribution is 2.14. The molecule has 0 radical (unpaired) electrons. The van der Waals surface area contributed by atoms with Gasteiger partial charge in [-0.1, -0.05) is 0 Å². The fourth-order valence-electron chi connectivity index (χ4n) is 0.991. The van der Waals surface area contributed by atoms with Gasteiger partial charge in [0.25, 0.3) is 0 Å². The van der Waals surface area contributed by atoms with E-state index in [1.54, 1.807) is 12.5 Å². The molecule has 0 spiro atoms. The van der Waals surface area contributed by atoms with E-state index >= 15 is 0 Å².